The smallest absolute Gasteiger partial charge is 0.423 e. The van der Waals surface area contributed by atoms with Gasteiger partial charge in [0, 0.05) is 6.21 Å². The molecule has 56 valence electrons. The van der Waals surface area contributed by atoms with Gasteiger partial charge in [-0.05, 0) is 11.0 Å². The molecule has 0 fully saturated rings. The lowest BCUT2D eigenvalue weighted by molar-refractivity contribution is 0.425. The molecule has 0 bridgehead atoms. The van der Waals surface area contributed by atoms with E-state index in [1.807, 2.05) is 0 Å². The van der Waals surface area contributed by atoms with Crippen molar-refractivity contribution in [1.82, 2.24) is 0 Å². The van der Waals surface area contributed by atoms with Crippen LogP contribution in [0.1, 0.15) is 5.56 Å². The summed E-state index contributed by atoms with van der Waals surface area (Å²) in [6, 6.07) is 6.66. The van der Waals surface area contributed by atoms with Crippen LogP contribution in [0.5, 0.6) is 0 Å². The van der Waals surface area contributed by atoms with Gasteiger partial charge in [-0.15, -0.1) is 0 Å². The van der Waals surface area contributed by atoms with Crippen LogP contribution >= 0.6 is 0 Å². The highest BCUT2D eigenvalue weighted by Gasteiger charge is 2.12. The Bertz CT molecular complexity index is 290. The van der Waals surface area contributed by atoms with Crippen LogP contribution in [0.3, 0.4) is 0 Å². The molecule has 0 heterocycles. The van der Waals surface area contributed by atoms with E-state index in [-0.39, 0.29) is 0 Å². The molecule has 1 aromatic carbocycles. The number of rotatable bonds is 2. The first-order chi connectivity index (χ1) is 5.75. The lowest BCUT2D eigenvalue weighted by atomic mass is 9.77. The fourth-order valence-electron chi connectivity index (χ4n) is 0.864. The Morgan fingerprint density at radius 3 is 2.82 bits per heavy atom. The minimum atomic E-state index is -1.51. The predicted octanol–water partition coefficient (Wildman–Crippen LogP) is -0.636. The maximum absolute atomic E-state index is 8.86. The zero-order chi connectivity index (χ0) is 8.97. The van der Waals surface area contributed by atoms with Gasteiger partial charge in [0.1, 0.15) is 0 Å². The summed E-state index contributed by atoms with van der Waals surface area (Å²) in [5, 5.41) is 20.8. The molecule has 11 heavy (non-hydrogen) atoms. The molecule has 0 saturated carbocycles. The van der Waals surface area contributed by atoms with Crippen molar-refractivity contribution in [2.24, 2.45) is 0 Å². The van der Waals surface area contributed by atoms with E-state index < -0.39 is 7.12 Å². The average molecular weight is 151 g/mol. The number of hydrogen-bond acceptors (Lipinski definition) is 3. The van der Waals surface area contributed by atoms with Crippen LogP contribution in [0.25, 0.3) is 0 Å². The summed E-state index contributed by atoms with van der Waals surface area (Å²) in [7, 11) is -1.51. The van der Waals surface area contributed by atoms with Crippen LogP contribution in [-0.2, 0) is 0 Å². The SMILES string of the molecule is [3H]N=Cc1ccccc1B(O)O. The van der Waals surface area contributed by atoms with E-state index in [1.165, 1.54) is 6.21 Å². The van der Waals surface area contributed by atoms with Crippen molar-refractivity contribution in [3.05, 3.63) is 29.8 Å². The van der Waals surface area contributed by atoms with Crippen molar-refractivity contribution in [2.45, 2.75) is 0 Å². The highest BCUT2D eigenvalue weighted by atomic mass is 16.4. The molecule has 4 heteroatoms. The van der Waals surface area contributed by atoms with Crippen molar-refractivity contribution in [2.75, 3.05) is 0 Å². The van der Waals surface area contributed by atoms with Crippen molar-refractivity contribution in [3.63, 3.8) is 0 Å². The second-order valence-corrected chi connectivity index (χ2v) is 2.13. The van der Waals surface area contributed by atoms with Gasteiger partial charge in [0.2, 0.25) is 0 Å². The maximum Gasteiger partial charge on any atom is 0.489 e. The number of benzene rings is 1. The van der Waals surface area contributed by atoms with Gasteiger partial charge in [-0.25, -0.2) is 0 Å². The highest BCUT2D eigenvalue weighted by Crippen LogP contribution is 1.92. The Hall–Kier alpha value is -1.13. The molecule has 0 radical (unpaired) electrons. The van der Waals surface area contributed by atoms with E-state index in [0.29, 0.717) is 11.0 Å². The molecule has 0 aliphatic rings. The summed E-state index contributed by atoms with van der Waals surface area (Å²) >= 11 is 0. The second kappa shape index (κ2) is 3.32. The Kier molecular flexibility index (Phi) is 1.99. The summed E-state index contributed by atoms with van der Waals surface area (Å²) in [5.41, 5.74) is 0.899. The quantitative estimate of drug-likeness (QED) is 0.389. The lowest BCUT2D eigenvalue weighted by Crippen LogP contribution is -2.32. The van der Waals surface area contributed by atoms with Crippen LogP contribution < -0.4 is 5.46 Å². The Labute approximate surface area is 66.4 Å². The average Bonchev–Trinajstić information content (AvgIpc) is 2.05. The molecular formula is C7H8BNO2. The molecule has 3 nitrogen and oxygen atoms in total. The van der Waals surface area contributed by atoms with Gasteiger partial charge in [-0.3, -0.25) is 0 Å². The molecule has 0 aliphatic carbocycles. The molecule has 0 aromatic heterocycles. The normalized spacial score (nSPS) is 11.6. The molecule has 1 aromatic rings. The summed E-state index contributed by atoms with van der Waals surface area (Å²) < 4.78 is 6.58. The Morgan fingerprint density at radius 2 is 2.18 bits per heavy atom. The Morgan fingerprint density at radius 1 is 1.45 bits per heavy atom. The summed E-state index contributed by atoms with van der Waals surface area (Å²) in [6.07, 6.45) is 1.26. The zero-order valence-electron chi connectivity index (χ0n) is 6.81. The van der Waals surface area contributed by atoms with Gasteiger partial charge in [0.25, 0.3) is 0 Å². The molecule has 0 amide bonds. The van der Waals surface area contributed by atoms with Crippen molar-refractivity contribution < 1.29 is 11.5 Å². The summed E-state index contributed by atoms with van der Waals surface area (Å²) in [6.45, 7) is 0. The van der Waals surface area contributed by atoms with E-state index in [9.17, 15) is 0 Å². The first kappa shape index (κ1) is 6.58. The maximum atomic E-state index is 8.86. The summed E-state index contributed by atoms with van der Waals surface area (Å²) in [4.78, 5) is 0. The fourth-order valence-corrected chi connectivity index (χ4v) is 0.864. The molecule has 0 unspecified atom stereocenters. The monoisotopic (exact) mass is 151 g/mol. The van der Waals surface area contributed by atoms with Crippen LogP contribution in [-0.4, -0.2) is 23.4 Å². The van der Waals surface area contributed by atoms with E-state index in [2.05, 4.69) is 5.40 Å². The molecule has 0 aliphatic heterocycles. The fraction of sp³-hybridized carbons (Fsp3) is 0. The second-order valence-electron chi connectivity index (χ2n) is 2.13. The summed E-state index contributed by atoms with van der Waals surface area (Å²) in [5.74, 6) is 0. The first-order valence-electron chi connectivity index (χ1n) is 3.63. The standard InChI is InChI=1S/C7H8BNO2/c9-5-6-3-1-2-4-7(6)8(10)11/h1-5,9-11H/i/hT. The topological polar surface area (TPSA) is 64.3 Å². The molecule has 0 atom stereocenters. The Balaban J connectivity index is 3.08. The van der Waals surface area contributed by atoms with Gasteiger partial charge in [0.05, 0.1) is 0 Å². The lowest BCUT2D eigenvalue weighted by Gasteiger charge is -2.01. The van der Waals surface area contributed by atoms with Gasteiger partial charge in [0.15, 0.2) is 1.41 Å². The van der Waals surface area contributed by atoms with Gasteiger partial charge in [-0.2, -0.15) is 0 Å². The van der Waals surface area contributed by atoms with Crippen LogP contribution in [0.15, 0.2) is 24.3 Å². The van der Waals surface area contributed by atoms with Crippen molar-refractivity contribution >= 4 is 18.8 Å². The third kappa shape index (κ3) is 1.66. The van der Waals surface area contributed by atoms with E-state index in [4.69, 9.17) is 11.5 Å². The highest BCUT2D eigenvalue weighted by molar-refractivity contribution is 6.60. The molecule has 3 N–H and O–H groups in total. The van der Waals surface area contributed by atoms with E-state index in [0.717, 1.165) is 0 Å². The number of nitrogens with one attached hydrogen (secondary N) is 1. The molecule has 1 rings (SSSR count). The minimum absolute atomic E-state index is 0.355. The van der Waals surface area contributed by atoms with Gasteiger partial charge in [-0.1, -0.05) is 24.3 Å². The van der Waals surface area contributed by atoms with Crippen molar-refractivity contribution in [1.29, 1.82) is 5.40 Å². The third-order valence-corrected chi connectivity index (χ3v) is 1.41. The van der Waals surface area contributed by atoms with Gasteiger partial charge < -0.3 is 15.5 Å². The van der Waals surface area contributed by atoms with E-state index in [1.54, 1.807) is 24.3 Å². The minimum Gasteiger partial charge on any atom is -0.423 e. The molecule has 0 saturated heterocycles. The van der Waals surface area contributed by atoms with Crippen LogP contribution in [0.2, 0.25) is 1.41 Å². The van der Waals surface area contributed by atoms with Crippen LogP contribution in [0, 0.1) is 5.40 Å². The number of hydrogen-bond donors (Lipinski definition) is 3. The first-order valence-corrected chi connectivity index (χ1v) is 3.18. The van der Waals surface area contributed by atoms with E-state index >= 15 is 0 Å². The zero-order valence-corrected chi connectivity index (χ0v) is 5.81. The van der Waals surface area contributed by atoms with Crippen LogP contribution in [0.4, 0.5) is 0 Å². The predicted molar refractivity (Wildman–Crippen MR) is 44.2 cm³/mol. The molecular weight excluding hydrogens is 141 g/mol. The third-order valence-electron chi connectivity index (χ3n) is 1.41. The van der Waals surface area contributed by atoms with Gasteiger partial charge >= 0.3 is 7.12 Å². The molecule has 0 spiro atoms. The largest absolute Gasteiger partial charge is 0.489 e. The van der Waals surface area contributed by atoms with Crippen molar-refractivity contribution in [3.8, 4) is 0 Å².